The lowest BCUT2D eigenvalue weighted by atomic mass is 9.69. The van der Waals surface area contributed by atoms with E-state index in [0.717, 1.165) is 13.2 Å². The Labute approximate surface area is 129 Å². The molecule has 2 aliphatic carbocycles. The number of methoxy groups -OCH3 is 1. The van der Waals surface area contributed by atoms with E-state index in [2.05, 4.69) is 17.3 Å². The summed E-state index contributed by atoms with van der Waals surface area (Å²) in [6.45, 7) is 3.57. The minimum atomic E-state index is -0.0345. The van der Waals surface area contributed by atoms with Crippen molar-refractivity contribution in [2.24, 2.45) is 5.41 Å². The summed E-state index contributed by atoms with van der Waals surface area (Å²) >= 11 is 0. The van der Waals surface area contributed by atoms with Crippen LogP contribution < -0.4 is 5.32 Å². The summed E-state index contributed by atoms with van der Waals surface area (Å²) < 4.78 is 5.32. The first-order chi connectivity index (χ1) is 10.1. The number of carbonyl (C=O) groups is 1. The lowest BCUT2D eigenvalue weighted by molar-refractivity contribution is -0.127. The number of ether oxygens (including phenoxy) is 1. The third-order valence-electron chi connectivity index (χ3n) is 5.64. The normalized spacial score (nSPS) is 23.6. The van der Waals surface area contributed by atoms with E-state index in [1.807, 2.05) is 6.92 Å². The first-order valence-corrected chi connectivity index (χ1v) is 8.56. The molecule has 0 aromatic carbocycles. The molecule has 0 aromatic rings. The van der Waals surface area contributed by atoms with Crippen LogP contribution in [0.5, 0.6) is 0 Å². The molecule has 2 aliphatic rings. The molecule has 0 radical (unpaired) electrons. The first-order valence-electron chi connectivity index (χ1n) is 8.56. The van der Waals surface area contributed by atoms with Crippen LogP contribution in [0.1, 0.15) is 58.3 Å². The average molecular weight is 296 g/mol. The van der Waals surface area contributed by atoms with Gasteiger partial charge < -0.3 is 10.1 Å². The highest BCUT2D eigenvalue weighted by molar-refractivity contribution is 5.81. The molecule has 122 valence electrons. The second-order valence-electron chi connectivity index (χ2n) is 7.14. The van der Waals surface area contributed by atoms with Crippen LogP contribution in [0.25, 0.3) is 0 Å². The van der Waals surface area contributed by atoms with Crippen LogP contribution in [0.3, 0.4) is 0 Å². The topological polar surface area (TPSA) is 41.6 Å². The van der Waals surface area contributed by atoms with Gasteiger partial charge in [-0.3, -0.25) is 9.69 Å². The van der Waals surface area contributed by atoms with Gasteiger partial charge in [-0.15, -0.1) is 0 Å². The summed E-state index contributed by atoms with van der Waals surface area (Å²) in [6, 6.07) is 0.545. The van der Waals surface area contributed by atoms with E-state index in [4.69, 9.17) is 4.74 Å². The number of nitrogens with one attached hydrogen (secondary N) is 1. The van der Waals surface area contributed by atoms with Crippen molar-refractivity contribution < 1.29 is 9.53 Å². The summed E-state index contributed by atoms with van der Waals surface area (Å²) in [5, 5.41) is 3.17. The van der Waals surface area contributed by atoms with Crippen molar-refractivity contribution in [2.75, 3.05) is 27.3 Å². The van der Waals surface area contributed by atoms with Gasteiger partial charge >= 0.3 is 0 Å². The molecular formula is C17H32N2O2. The van der Waals surface area contributed by atoms with Gasteiger partial charge in [0.25, 0.3) is 0 Å². The molecule has 0 aliphatic heterocycles. The molecule has 21 heavy (non-hydrogen) atoms. The predicted molar refractivity (Wildman–Crippen MR) is 85.3 cm³/mol. The maximum absolute atomic E-state index is 12.4. The van der Waals surface area contributed by atoms with Crippen LogP contribution in [-0.2, 0) is 9.53 Å². The van der Waals surface area contributed by atoms with Crippen molar-refractivity contribution in [3.63, 3.8) is 0 Å². The summed E-state index contributed by atoms with van der Waals surface area (Å²) in [7, 11) is 3.86. The van der Waals surface area contributed by atoms with Gasteiger partial charge in [-0.1, -0.05) is 25.7 Å². The Bertz CT molecular complexity index is 336. The standard InChI is InChI=1S/C17H32N2O2/c1-14(19(2)15-8-5-4-6-9-15)16(20)18-12-17(13-21-3)10-7-11-17/h14-15H,4-13H2,1-3H3,(H,18,20)/t14-/m0/s1. The van der Waals surface area contributed by atoms with Crippen molar-refractivity contribution >= 4 is 5.91 Å². The Kier molecular flexibility index (Phi) is 6.06. The fourth-order valence-electron chi connectivity index (χ4n) is 3.77. The van der Waals surface area contributed by atoms with Crippen molar-refractivity contribution in [2.45, 2.75) is 70.4 Å². The predicted octanol–water partition coefficient (Wildman–Crippen LogP) is 2.57. The molecule has 4 nitrogen and oxygen atoms in total. The fourth-order valence-corrected chi connectivity index (χ4v) is 3.77. The molecule has 0 heterocycles. The minimum absolute atomic E-state index is 0.0345. The molecule has 2 saturated carbocycles. The Balaban J connectivity index is 1.78. The first kappa shape index (κ1) is 16.8. The fraction of sp³-hybridized carbons (Fsp3) is 0.941. The number of rotatable bonds is 7. The van der Waals surface area contributed by atoms with E-state index in [9.17, 15) is 4.79 Å². The Hall–Kier alpha value is -0.610. The second kappa shape index (κ2) is 7.59. The third kappa shape index (κ3) is 4.19. The van der Waals surface area contributed by atoms with Gasteiger partial charge in [0.1, 0.15) is 0 Å². The van der Waals surface area contributed by atoms with E-state index in [1.165, 1.54) is 51.4 Å². The average Bonchev–Trinajstić information content (AvgIpc) is 2.48. The lowest BCUT2D eigenvalue weighted by Gasteiger charge is -2.42. The maximum Gasteiger partial charge on any atom is 0.237 e. The highest BCUT2D eigenvalue weighted by Gasteiger charge is 2.37. The van der Waals surface area contributed by atoms with Crippen LogP contribution in [0, 0.1) is 5.41 Å². The van der Waals surface area contributed by atoms with E-state index in [0.29, 0.717) is 6.04 Å². The van der Waals surface area contributed by atoms with E-state index in [-0.39, 0.29) is 17.4 Å². The molecule has 0 saturated heterocycles. The molecule has 2 fully saturated rings. The Morgan fingerprint density at radius 2 is 1.95 bits per heavy atom. The molecule has 1 atom stereocenters. The number of likely N-dealkylation sites (N-methyl/N-ethyl adjacent to an activating group) is 1. The van der Waals surface area contributed by atoms with Crippen molar-refractivity contribution in [1.82, 2.24) is 10.2 Å². The van der Waals surface area contributed by atoms with Crippen LogP contribution in [0.4, 0.5) is 0 Å². The number of hydrogen-bond donors (Lipinski definition) is 1. The highest BCUT2D eigenvalue weighted by atomic mass is 16.5. The van der Waals surface area contributed by atoms with Gasteiger partial charge in [-0.05, 0) is 39.7 Å². The monoisotopic (exact) mass is 296 g/mol. The molecule has 4 heteroatoms. The molecule has 0 spiro atoms. The number of carbonyl (C=O) groups excluding carboxylic acids is 1. The molecule has 2 rings (SSSR count). The van der Waals surface area contributed by atoms with Gasteiger partial charge in [0.15, 0.2) is 0 Å². The van der Waals surface area contributed by atoms with Gasteiger partial charge in [-0.25, -0.2) is 0 Å². The molecule has 1 amide bonds. The molecule has 0 bridgehead atoms. The highest BCUT2D eigenvalue weighted by Crippen LogP contribution is 2.40. The van der Waals surface area contributed by atoms with E-state index < -0.39 is 0 Å². The van der Waals surface area contributed by atoms with Crippen molar-refractivity contribution in [3.05, 3.63) is 0 Å². The summed E-state index contributed by atoms with van der Waals surface area (Å²) in [5.74, 6) is 0.172. The summed E-state index contributed by atoms with van der Waals surface area (Å²) in [5.41, 5.74) is 0.202. The van der Waals surface area contributed by atoms with E-state index >= 15 is 0 Å². The Morgan fingerprint density at radius 3 is 2.48 bits per heavy atom. The summed E-state index contributed by atoms with van der Waals surface area (Å²) in [6.07, 6.45) is 10.0. The zero-order valence-corrected chi connectivity index (χ0v) is 14.0. The Morgan fingerprint density at radius 1 is 1.29 bits per heavy atom. The van der Waals surface area contributed by atoms with Crippen LogP contribution in [-0.4, -0.2) is 50.2 Å². The zero-order valence-electron chi connectivity index (χ0n) is 14.0. The van der Waals surface area contributed by atoms with Crippen molar-refractivity contribution in [1.29, 1.82) is 0 Å². The second-order valence-corrected chi connectivity index (χ2v) is 7.14. The number of nitrogens with zero attached hydrogens (tertiary/aromatic N) is 1. The van der Waals surface area contributed by atoms with E-state index in [1.54, 1.807) is 7.11 Å². The zero-order chi connectivity index (χ0) is 15.3. The largest absolute Gasteiger partial charge is 0.384 e. The summed E-state index contributed by atoms with van der Waals surface area (Å²) in [4.78, 5) is 14.7. The molecule has 1 N–H and O–H groups in total. The van der Waals surface area contributed by atoms with Gasteiger partial charge in [-0.2, -0.15) is 0 Å². The number of hydrogen-bond acceptors (Lipinski definition) is 3. The SMILES string of the molecule is COCC1(CNC(=O)[C@H](C)N(C)C2CCCCC2)CCC1. The van der Waals surface area contributed by atoms with Crippen LogP contribution >= 0.6 is 0 Å². The van der Waals surface area contributed by atoms with Gasteiger partial charge in [0.2, 0.25) is 5.91 Å². The smallest absolute Gasteiger partial charge is 0.237 e. The van der Waals surface area contributed by atoms with Crippen molar-refractivity contribution in [3.8, 4) is 0 Å². The molecule has 0 unspecified atom stereocenters. The lowest BCUT2D eigenvalue weighted by Crippen LogP contribution is -2.52. The van der Waals surface area contributed by atoms with Crippen LogP contribution in [0.15, 0.2) is 0 Å². The quantitative estimate of drug-likeness (QED) is 0.785. The van der Waals surface area contributed by atoms with Gasteiger partial charge in [0, 0.05) is 25.1 Å². The van der Waals surface area contributed by atoms with Crippen LogP contribution in [0.2, 0.25) is 0 Å². The number of amides is 1. The minimum Gasteiger partial charge on any atom is -0.384 e. The maximum atomic E-state index is 12.4. The molecular weight excluding hydrogens is 264 g/mol. The van der Waals surface area contributed by atoms with Gasteiger partial charge in [0.05, 0.1) is 12.6 Å². The third-order valence-corrected chi connectivity index (χ3v) is 5.64. The molecule has 0 aromatic heterocycles.